The van der Waals surface area contributed by atoms with Gasteiger partial charge < -0.3 is 19.1 Å². The molecule has 0 radical (unpaired) electrons. The predicted octanol–water partition coefficient (Wildman–Crippen LogP) is 4.67. The van der Waals surface area contributed by atoms with E-state index >= 15 is 0 Å². The fraction of sp³-hybridized carbons (Fsp3) is 0.333. The summed E-state index contributed by atoms with van der Waals surface area (Å²) in [5.41, 5.74) is -0.220. The number of nitrogens with zero attached hydrogens (tertiary/aromatic N) is 2. The maximum absolute atomic E-state index is 12.6. The molecule has 0 spiro atoms. The molecule has 162 valence electrons. The maximum Gasteiger partial charge on any atom is 0.417 e. The van der Waals surface area contributed by atoms with E-state index in [2.05, 4.69) is 4.98 Å². The number of carbonyl (C=O) groups is 1. The lowest BCUT2D eigenvalue weighted by atomic mass is 10.2. The summed E-state index contributed by atoms with van der Waals surface area (Å²) in [6.07, 6.45) is -2.79. The molecule has 0 saturated carbocycles. The average molecular weight is 424 g/mol. The van der Waals surface area contributed by atoms with Gasteiger partial charge in [0.1, 0.15) is 17.6 Å². The highest BCUT2D eigenvalue weighted by Gasteiger charge is 2.30. The molecule has 30 heavy (non-hydrogen) atoms. The molecule has 0 bridgehead atoms. The van der Waals surface area contributed by atoms with Gasteiger partial charge in [-0.3, -0.25) is 0 Å². The Kier molecular flexibility index (Phi) is 7.68. The zero-order valence-electron chi connectivity index (χ0n) is 17.1. The standard InChI is InChI=1S/C21H23F3N2O4/c1-5-28-20(27)12-18(26(3)4)14(2)29-16-7-9-17(10-8-16)30-19-11-6-15(13-25-19)21(22,23)24/h6-14H,5H2,1-4H3/b18-12-. The zero-order chi connectivity index (χ0) is 22.3. The minimum Gasteiger partial charge on any atom is -0.485 e. The highest BCUT2D eigenvalue weighted by atomic mass is 19.4. The average Bonchev–Trinajstić information content (AvgIpc) is 2.67. The number of aromatic nitrogens is 1. The van der Waals surface area contributed by atoms with E-state index in [4.69, 9.17) is 14.2 Å². The van der Waals surface area contributed by atoms with E-state index in [0.717, 1.165) is 12.1 Å². The van der Waals surface area contributed by atoms with Crippen LogP contribution in [0, 0.1) is 0 Å². The van der Waals surface area contributed by atoms with Crippen LogP contribution in [0.4, 0.5) is 13.2 Å². The molecule has 1 aromatic carbocycles. The first-order chi connectivity index (χ1) is 14.1. The number of hydrogen-bond donors (Lipinski definition) is 0. The lowest BCUT2D eigenvalue weighted by Gasteiger charge is -2.24. The van der Waals surface area contributed by atoms with Crippen molar-refractivity contribution >= 4 is 5.97 Å². The van der Waals surface area contributed by atoms with Gasteiger partial charge in [-0.25, -0.2) is 9.78 Å². The molecule has 9 heteroatoms. The number of carbonyl (C=O) groups excluding carboxylic acids is 1. The molecule has 1 aromatic heterocycles. The first-order valence-electron chi connectivity index (χ1n) is 9.13. The number of pyridine rings is 1. The van der Waals surface area contributed by atoms with Crippen molar-refractivity contribution in [2.45, 2.75) is 26.1 Å². The van der Waals surface area contributed by atoms with Crippen LogP contribution >= 0.6 is 0 Å². The van der Waals surface area contributed by atoms with Gasteiger partial charge in [-0.05, 0) is 44.2 Å². The Morgan fingerprint density at radius 1 is 1.13 bits per heavy atom. The van der Waals surface area contributed by atoms with Crippen LogP contribution in [-0.4, -0.2) is 42.7 Å². The molecule has 0 fully saturated rings. The number of likely N-dealkylation sites (N-methyl/N-ethyl adjacent to an activating group) is 1. The monoisotopic (exact) mass is 424 g/mol. The summed E-state index contributed by atoms with van der Waals surface area (Å²) in [6.45, 7) is 3.80. The molecule has 0 amide bonds. The highest BCUT2D eigenvalue weighted by molar-refractivity contribution is 5.82. The van der Waals surface area contributed by atoms with Gasteiger partial charge in [-0.15, -0.1) is 0 Å². The molecule has 0 saturated heterocycles. The smallest absolute Gasteiger partial charge is 0.417 e. The second-order valence-electron chi connectivity index (χ2n) is 6.43. The molecule has 0 aliphatic carbocycles. The van der Waals surface area contributed by atoms with E-state index in [-0.39, 0.29) is 12.5 Å². The minimum absolute atomic E-state index is 0.0392. The molecule has 0 aliphatic rings. The molecule has 1 unspecified atom stereocenters. The van der Waals surface area contributed by atoms with Gasteiger partial charge in [0.2, 0.25) is 5.88 Å². The fourth-order valence-electron chi connectivity index (χ4n) is 2.49. The predicted molar refractivity (Wildman–Crippen MR) is 104 cm³/mol. The van der Waals surface area contributed by atoms with Crippen LogP contribution in [0.3, 0.4) is 0 Å². The van der Waals surface area contributed by atoms with Gasteiger partial charge >= 0.3 is 12.1 Å². The Balaban J connectivity index is 2.03. The molecule has 1 heterocycles. The second kappa shape index (κ2) is 10.00. The highest BCUT2D eigenvalue weighted by Crippen LogP contribution is 2.30. The van der Waals surface area contributed by atoms with Crippen LogP contribution in [0.5, 0.6) is 17.4 Å². The molecule has 0 N–H and O–H groups in total. The van der Waals surface area contributed by atoms with Crippen LogP contribution in [0.25, 0.3) is 0 Å². The topological polar surface area (TPSA) is 60.9 Å². The van der Waals surface area contributed by atoms with Crippen molar-refractivity contribution in [2.24, 2.45) is 0 Å². The summed E-state index contributed by atoms with van der Waals surface area (Å²) in [5, 5.41) is 0. The van der Waals surface area contributed by atoms with Crippen molar-refractivity contribution in [2.75, 3.05) is 20.7 Å². The molecular formula is C21H23F3N2O4. The Morgan fingerprint density at radius 2 is 1.77 bits per heavy atom. The number of benzene rings is 1. The van der Waals surface area contributed by atoms with Gasteiger partial charge in [-0.1, -0.05) is 0 Å². The number of hydrogen-bond acceptors (Lipinski definition) is 6. The van der Waals surface area contributed by atoms with E-state index in [1.54, 1.807) is 57.1 Å². The molecule has 6 nitrogen and oxygen atoms in total. The van der Waals surface area contributed by atoms with E-state index < -0.39 is 23.8 Å². The number of rotatable bonds is 8. The Bertz CT molecular complexity index is 863. The van der Waals surface area contributed by atoms with Crippen molar-refractivity contribution in [3.05, 3.63) is 59.9 Å². The lowest BCUT2D eigenvalue weighted by molar-refractivity contribution is -0.138. The molecular weight excluding hydrogens is 401 g/mol. The first-order valence-corrected chi connectivity index (χ1v) is 9.13. The number of esters is 1. The van der Waals surface area contributed by atoms with E-state index in [1.807, 2.05) is 0 Å². The SMILES string of the molecule is CCOC(=O)/C=C(/C(C)Oc1ccc(Oc2ccc(C(F)(F)F)cn2)cc1)N(C)C. The number of alkyl halides is 3. The van der Waals surface area contributed by atoms with Crippen LogP contribution in [0.2, 0.25) is 0 Å². The lowest BCUT2D eigenvalue weighted by Crippen LogP contribution is -2.27. The second-order valence-corrected chi connectivity index (χ2v) is 6.43. The first kappa shape index (κ1) is 23.1. The van der Waals surface area contributed by atoms with Crippen molar-refractivity contribution in [1.29, 1.82) is 0 Å². The maximum atomic E-state index is 12.6. The van der Waals surface area contributed by atoms with Gasteiger partial charge in [0.15, 0.2) is 0 Å². The minimum atomic E-state index is -4.45. The molecule has 2 aromatic rings. The third kappa shape index (κ3) is 6.68. The van der Waals surface area contributed by atoms with Crippen LogP contribution < -0.4 is 9.47 Å². The van der Waals surface area contributed by atoms with E-state index in [0.29, 0.717) is 23.4 Å². The molecule has 2 rings (SSSR count). The Labute approximate surface area is 172 Å². The van der Waals surface area contributed by atoms with Crippen LogP contribution in [0.15, 0.2) is 54.4 Å². The third-order valence-electron chi connectivity index (χ3n) is 3.91. The zero-order valence-corrected chi connectivity index (χ0v) is 17.1. The normalized spacial score (nSPS) is 12.8. The largest absolute Gasteiger partial charge is 0.485 e. The third-order valence-corrected chi connectivity index (χ3v) is 3.91. The van der Waals surface area contributed by atoms with Gasteiger partial charge in [-0.2, -0.15) is 13.2 Å². The van der Waals surface area contributed by atoms with Crippen LogP contribution in [-0.2, 0) is 15.7 Å². The summed E-state index contributed by atoms with van der Waals surface area (Å²) in [5.74, 6) is 0.491. The molecule has 0 aliphatic heterocycles. The van der Waals surface area contributed by atoms with Crippen molar-refractivity contribution < 1.29 is 32.2 Å². The van der Waals surface area contributed by atoms with Gasteiger partial charge in [0.25, 0.3) is 0 Å². The van der Waals surface area contributed by atoms with Crippen LogP contribution in [0.1, 0.15) is 19.4 Å². The van der Waals surface area contributed by atoms with E-state index in [9.17, 15) is 18.0 Å². The quantitative estimate of drug-likeness (QED) is 0.453. The summed E-state index contributed by atoms with van der Waals surface area (Å²) < 4.78 is 54.0. The number of halogens is 3. The molecule has 1 atom stereocenters. The summed E-state index contributed by atoms with van der Waals surface area (Å²) in [6, 6.07) is 8.55. The Hall–Kier alpha value is -3.23. The van der Waals surface area contributed by atoms with Crippen molar-refractivity contribution in [1.82, 2.24) is 9.88 Å². The van der Waals surface area contributed by atoms with Crippen molar-refractivity contribution in [3.8, 4) is 17.4 Å². The Morgan fingerprint density at radius 3 is 2.27 bits per heavy atom. The van der Waals surface area contributed by atoms with Crippen molar-refractivity contribution in [3.63, 3.8) is 0 Å². The summed E-state index contributed by atoms with van der Waals surface area (Å²) >= 11 is 0. The van der Waals surface area contributed by atoms with Gasteiger partial charge in [0.05, 0.1) is 17.9 Å². The summed E-state index contributed by atoms with van der Waals surface area (Å²) in [4.78, 5) is 17.2. The van der Waals surface area contributed by atoms with Gasteiger partial charge in [0, 0.05) is 32.4 Å². The number of ether oxygens (including phenoxy) is 3. The fourth-order valence-corrected chi connectivity index (χ4v) is 2.49. The summed E-state index contributed by atoms with van der Waals surface area (Å²) in [7, 11) is 3.58. The van der Waals surface area contributed by atoms with E-state index in [1.165, 1.54) is 6.08 Å².